The van der Waals surface area contributed by atoms with E-state index < -0.39 is 35.6 Å². The number of alkyl halides is 1. The highest BCUT2D eigenvalue weighted by Gasteiger charge is 2.77. The molecule has 9 nitrogen and oxygen atoms in total. The molecule has 8 atom stereocenters. The van der Waals surface area contributed by atoms with Gasteiger partial charge in [-0.3, -0.25) is 14.4 Å². The minimum absolute atomic E-state index is 0.0739. The van der Waals surface area contributed by atoms with Gasteiger partial charge in [-0.25, -0.2) is 0 Å². The number of ether oxygens (including phenoxy) is 1. The van der Waals surface area contributed by atoms with Gasteiger partial charge in [0.05, 0.1) is 30.6 Å². The molecule has 5 rings (SSSR count). The summed E-state index contributed by atoms with van der Waals surface area (Å²) in [5.41, 5.74) is 1.42. The number of hydrogen-bond acceptors (Lipinski definition) is 6. The van der Waals surface area contributed by atoms with Crippen molar-refractivity contribution in [3.63, 3.8) is 0 Å². The molecule has 3 heterocycles. The van der Waals surface area contributed by atoms with Crippen LogP contribution in [0, 0.1) is 17.8 Å². The van der Waals surface area contributed by atoms with E-state index in [1.807, 2.05) is 68.4 Å². The van der Waals surface area contributed by atoms with Crippen LogP contribution in [0.5, 0.6) is 0 Å². The molecule has 0 aromatic heterocycles. The summed E-state index contributed by atoms with van der Waals surface area (Å²) >= 11 is 3.73. The first-order valence-corrected chi connectivity index (χ1v) is 16.3. The summed E-state index contributed by atoms with van der Waals surface area (Å²) in [6.07, 6.45) is 0.566. The van der Waals surface area contributed by atoms with Crippen LogP contribution in [0.1, 0.15) is 46.1 Å². The van der Waals surface area contributed by atoms with E-state index in [2.05, 4.69) is 45.3 Å². The molecule has 43 heavy (non-hydrogen) atoms. The average Bonchev–Trinajstić information content (AvgIpc) is 3.61. The number of anilines is 2. The van der Waals surface area contributed by atoms with Crippen LogP contribution in [0.2, 0.25) is 0 Å². The van der Waals surface area contributed by atoms with Gasteiger partial charge in [-0.2, -0.15) is 0 Å². The molecule has 232 valence electrons. The Kier molecular flexibility index (Phi) is 9.49. The van der Waals surface area contributed by atoms with E-state index in [-0.39, 0.29) is 35.1 Å². The second kappa shape index (κ2) is 13.0. The molecule has 1 spiro atoms. The van der Waals surface area contributed by atoms with Gasteiger partial charge in [0.15, 0.2) is 0 Å². The fraction of sp³-hybridized carbons (Fsp3) is 0.545. The summed E-state index contributed by atoms with van der Waals surface area (Å²) in [4.78, 5) is 45.9. The lowest BCUT2D eigenvalue weighted by molar-refractivity contribution is -0.145. The lowest BCUT2D eigenvalue weighted by atomic mass is 9.70. The van der Waals surface area contributed by atoms with Gasteiger partial charge in [0.25, 0.3) is 0 Å². The lowest BCUT2D eigenvalue weighted by Gasteiger charge is -2.38. The number of aliphatic hydroxyl groups excluding tert-OH is 1. The summed E-state index contributed by atoms with van der Waals surface area (Å²) in [5.74, 6) is -2.62. The van der Waals surface area contributed by atoms with E-state index in [4.69, 9.17) is 4.74 Å². The minimum Gasteiger partial charge on any atom is -0.394 e. The SMILES string of the molecule is CC[C@H](C)[C@H](CO)N1C(=O)[C@@H]2[C@H](C(=O)NCc3ccccc3)[C@H]3OC2(CC3Br)C1C(=O)Nc1ccc(N(CC)CC)cc1. The molecule has 0 saturated carbocycles. The number of likely N-dealkylation sites (tertiary alicyclic amines) is 1. The topological polar surface area (TPSA) is 111 Å². The van der Waals surface area contributed by atoms with Gasteiger partial charge in [-0.1, -0.05) is 66.5 Å². The molecule has 3 aliphatic heterocycles. The number of nitrogens with zero attached hydrogens (tertiary/aromatic N) is 2. The molecule has 2 bridgehead atoms. The summed E-state index contributed by atoms with van der Waals surface area (Å²) in [7, 11) is 0. The Labute approximate surface area is 262 Å². The van der Waals surface area contributed by atoms with Crippen molar-refractivity contribution in [2.45, 2.75) is 75.7 Å². The third kappa shape index (κ3) is 5.58. The number of rotatable bonds is 12. The third-order valence-corrected chi connectivity index (χ3v) is 10.5. The summed E-state index contributed by atoms with van der Waals surface area (Å²) in [6.45, 7) is 9.93. The number of carbonyl (C=O) groups is 3. The Bertz CT molecular complexity index is 1310. The number of fused-ring (bicyclic) bond motifs is 1. The maximum absolute atomic E-state index is 14.4. The van der Waals surface area contributed by atoms with Crippen molar-refractivity contribution < 1.29 is 24.2 Å². The lowest BCUT2D eigenvalue weighted by Crippen LogP contribution is -2.57. The summed E-state index contributed by atoms with van der Waals surface area (Å²) in [5, 5.41) is 16.6. The van der Waals surface area contributed by atoms with Gasteiger partial charge in [0.2, 0.25) is 17.7 Å². The van der Waals surface area contributed by atoms with Crippen molar-refractivity contribution in [2.75, 3.05) is 29.9 Å². The van der Waals surface area contributed by atoms with Gasteiger partial charge >= 0.3 is 0 Å². The summed E-state index contributed by atoms with van der Waals surface area (Å²) < 4.78 is 6.62. The second-order valence-electron chi connectivity index (χ2n) is 12.0. The van der Waals surface area contributed by atoms with Crippen molar-refractivity contribution >= 4 is 45.0 Å². The molecule has 2 aromatic carbocycles. The van der Waals surface area contributed by atoms with Crippen molar-refractivity contribution in [3.05, 3.63) is 60.2 Å². The molecule has 3 fully saturated rings. The maximum Gasteiger partial charge on any atom is 0.250 e. The molecule has 3 unspecified atom stereocenters. The third-order valence-electron chi connectivity index (χ3n) is 9.70. The number of amides is 3. The first-order valence-electron chi connectivity index (χ1n) is 15.4. The van der Waals surface area contributed by atoms with Crippen molar-refractivity contribution in [1.29, 1.82) is 0 Å². The van der Waals surface area contributed by atoms with Gasteiger partial charge in [0, 0.05) is 35.8 Å². The second-order valence-corrected chi connectivity index (χ2v) is 13.1. The Morgan fingerprint density at radius 3 is 2.37 bits per heavy atom. The highest BCUT2D eigenvalue weighted by Crippen LogP contribution is 2.60. The number of nitrogens with one attached hydrogen (secondary N) is 2. The van der Waals surface area contributed by atoms with Crippen LogP contribution >= 0.6 is 15.9 Å². The fourth-order valence-corrected chi connectivity index (χ4v) is 8.24. The maximum atomic E-state index is 14.4. The first-order chi connectivity index (χ1) is 20.7. The molecule has 3 amide bonds. The Hall–Kier alpha value is -2.95. The van der Waals surface area contributed by atoms with Crippen LogP contribution in [0.4, 0.5) is 11.4 Å². The van der Waals surface area contributed by atoms with Crippen LogP contribution in [-0.4, -0.2) is 76.0 Å². The monoisotopic (exact) mass is 654 g/mol. The molecule has 3 saturated heterocycles. The van der Waals surface area contributed by atoms with Crippen LogP contribution < -0.4 is 15.5 Å². The number of hydrogen-bond donors (Lipinski definition) is 3. The van der Waals surface area contributed by atoms with Gasteiger partial charge in [-0.15, -0.1) is 0 Å². The molecule has 3 N–H and O–H groups in total. The zero-order valence-corrected chi connectivity index (χ0v) is 26.9. The molecule has 0 radical (unpaired) electrons. The Morgan fingerprint density at radius 1 is 1.09 bits per heavy atom. The predicted molar refractivity (Wildman–Crippen MR) is 170 cm³/mol. The first kappa shape index (κ1) is 31.5. The molecule has 2 aromatic rings. The van der Waals surface area contributed by atoms with E-state index in [0.717, 1.165) is 24.3 Å². The highest BCUT2D eigenvalue weighted by atomic mass is 79.9. The van der Waals surface area contributed by atoms with E-state index in [0.29, 0.717) is 25.1 Å². The zero-order chi connectivity index (χ0) is 30.9. The average molecular weight is 656 g/mol. The van der Waals surface area contributed by atoms with Crippen LogP contribution in [0.15, 0.2) is 54.6 Å². The molecule has 3 aliphatic rings. The van der Waals surface area contributed by atoms with Gasteiger partial charge in [-0.05, 0) is 56.0 Å². The number of aliphatic hydroxyl groups is 1. The molecular weight excluding hydrogens is 612 g/mol. The smallest absolute Gasteiger partial charge is 0.250 e. The minimum atomic E-state index is -1.20. The molecule has 0 aliphatic carbocycles. The van der Waals surface area contributed by atoms with Crippen LogP contribution in [0.3, 0.4) is 0 Å². The van der Waals surface area contributed by atoms with E-state index >= 15 is 0 Å². The normalized spacial score (nSPS) is 28.8. The largest absolute Gasteiger partial charge is 0.394 e. The van der Waals surface area contributed by atoms with E-state index in [1.165, 1.54) is 4.90 Å². The standard InChI is InChI=1S/C33H43BrN4O5/c1-5-20(4)25(19-39)38-29(31(41)36-22-13-15-23(16-14-22)37(6-2)7-3)33-17-24(34)28(43-33)26(27(33)32(38)42)30(40)35-18-21-11-9-8-10-12-21/h8-16,20,24-29,39H,5-7,17-19H2,1-4H3,(H,35,40)(H,36,41)/t20-,24?,25-,26-,27-,28-,29?,33?/m0/s1. The van der Waals surface area contributed by atoms with E-state index in [1.54, 1.807) is 0 Å². The number of carbonyl (C=O) groups excluding carboxylic acids is 3. The Balaban J connectivity index is 1.47. The molecular formula is C33H43BrN4O5. The fourth-order valence-electron chi connectivity index (χ4n) is 7.30. The quantitative estimate of drug-likeness (QED) is 0.299. The van der Waals surface area contributed by atoms with Crippen molar-refractivity contribution in [3.8, 4) is 0 Å². The zero-order valence-electron chi connectivity index (χ0n) is 25.3. The van der Waals surface area contributed by atoms with Crippen LogP contribution in [-0.2, 0) is 25.7 Å². The summed E-state index contributed by atoms with van der Waals surface area (Å²) in [6, 6.07) is 15.7. The van der Waals surface area contributed by atoms with Crippen LogP contribution in [0.25, 0.3) is 0 Å². The predicted octanol–water partition coefficient (Wildman–Crippen LogP) is 3.94. The van der Waals surface area contributed by atoms with Crippen molar-refractivity contribution in [2.24, 2.45) is 17.8 Å². The highest BCUT2D eigenvalue weighted by molar-refractivity contribution is 9.09. The van der Waals surface area contributed by atoms with Gasteiger partial charge < -0.3 is 30.3 Å². The number of benzene rings is 2. The molecule has 10 heteroatoms. The van der Waals surface area contributed by atoms with E-state index in [9.17, 15) is 19.5 Å². The Morgan fingerprint density at radius 2 is 1.77 bits per heavy atom. The number of halogens is 1. The van der Waals surface area contributed by atoms with Gasteiger partial charge in [0.1, 0.15) is 11.6 Å². The van der Waals surface area contributed by atoms with Crippen molar-refractivity contribution in [1.82, 2.24) is 10.2 Å².